The predicted molar refractivity (Wildman–Crippen MR) is 99.9 cm³/mol. The molecule has 134 valence electrons. The van der Waals surface area contributed by atoms with Gasteiger partial charge >= 0.3 is 0 Å². The number of ether oxygens (including phenoxy) is 1. The molecule has 0 spiro atoms. The van der Waals surface area contributed by atoms with Crippen LogP contribution in [-0.4, -0.2) is 80.7 Å². The summed E-state index contributed by atoms with van der Waals surface area (Å²) in [5.74, 6) is 1.09. The second-order valence-electron chi connectivity index (χ2n) is 7.25. The highest BCUT2D eigenvalue weighted by Gasteiger charge is 2.14. The summed E-state index contributed by atoms with van der Waals surface area (Å²) in [6, 6.07) is 8.60. The lowest BCUT2D eigenvalue weighted by Crippen LogP contribution is -2.44. The SMILES string of the molecule is CN1CCN(CCCc2ccccc2OCCN2CCCC2)CC1. The Labute approximate surface area is 147 Å². The molecule has 2 aliphatic heterocycles. The molecule has 0 atom stereocenters. The first kappa shape index (κ1) is 17.7. The van der Waals surface area contributed by atoms with E-state index in [0.717, 1.165) is 25.3 Å². The van der Waals surface area contributed by atoms with E-state index < -0.39 is 0 Å². The third-order valence-corrected chi connectivity index (χ3v) is 5.35. The summed E-state index contributed by atoms with van der Waals surface area (Å²) in [6.45, 7) is 10.4. The van der Waals surface area contributed by atoms with Crippen molar-refractivity contribution in [1.82, 2.24) is 14.7 Å². The maximum absolute atomic E-state index is 6.09. The minimum atomic E-state index is 0.815. The normalized spacial score (nSPS) is 20.5. The molecule has 24 heavy (non-hydrogen) atoms. The monoisotopic (exact) mass is 331 g/mol. The van der Waals surface area contributed by atoms with Gasteiger partial charge in [-0.25, -0.2) is 0 Å². The van der Waals surface area contributed by atoms with Crippen molar-refractivity contribution in [1.29, 1.82) is 0 Å². The first-order valence-corrected chi connectivity index (χ1v) is 9.65. The van der Waals surface area contributed by atoms with Gasteiger partial charge in [-0.3, -0.25) is 4.90 Å². The van der Waals surface area contributed by atoms with Crippen LogP contribution >= 0.6 is 0 Å². The van der Waals surface area contributed by atoms with Crippen molar-refractivity contribution in [2.75, 3.05) is 66.0 Å². The lowest BCUT2D eigenvalue weighted by Gasteiger charge is -2.32. The zero-order chi connectivity index (χ0) is 16.6. The fourth-order valence-corrected chi connectivity index (χ4v) is 3.71. The van der Waals surface area contributed by atoms with Gasteiger partial charge in [-0.1, -0.05) is 18.2 Å². The van der Waals surface area contributed by atoms with Crippen molar-refractivity contribution >= 4 is 0 Å². The average molecular weight is 332 g/mol. The van der Waals surface area contributed by atoms with Crippen LogP contribution in [0.4, 0.5) is 0 Å². The third-order valence-electron chi connectivity index (χ3n) is 5.35. The molecule has 0 aliphatic carbocycles. The molecule has 2 aliphatic rings. The fraction of sp³-hybridized carbons (Fsp3) is 0.700. The lowest BCUT2D eigenvalue weighted by atomic mass is 10.1. The average Bonchev–Trinajstić information content (AvgIpc) is 3.11. The number of rotatable bonds is 8. The molecular formula is C20H33N3O. The highest BCUT2D eigenvalue weighted by atomic mass is 16.5. The topological polar surface area (TPSA) is 19.0 Å². The molecule has 2 heterocycles. The van der Waals surface area contributed by atoms with Crippen LogP contribution in [0.3, 0.4) is 0 Å². The van der Waals surface area contributed by atoms with Gasteiger partial charge < -0.3 is 14.5 Å². The van der Waals surface area contributed by atoms with Crippen LogP contribution in [0.1, 0.15) is 24.8 Å². The van der Waals surface area contributed by atoms with E-state index in [9.17, 15) is 0 Å². The van der Waals surface area contributed by atoms with Crippen molar-refractivity contribution in [3.63, 3.8) is 0 Å². The molecule has 1 aromatic carbocycles. The van der Waals surface area contributed by atoms with E-state index >= 15 is 0 Å². The quantitative estimate of drug-likeness (QED) is 0.728. The third kappa shape index (κ3) is 5.47. The molecular weight excluding hydrogens is 298 g/mol. The summed E-state index contributed by atoms with van der Waals surface area (Å²) in [7, 11) is 2.22. The summed E-state index contributed by atoms with van der Waals surface area (Å²) in [5, 5.41) is 0. The number of likely N-dealkylation sites (N-methyl/N-ethyl adjacent to an activating group) is 1. The van der Waals surface area contributed by atoms with Crippen LogP contribution in [0.15, 0.2) is 24.3 Å². The largest absolute Gasteiger partial charge is 0.492 e. The van der Waals surface area contributed by atoms with Gasteiger partial charge in [0, 0.05) is 32.7 Å². The standard InChI is InChI=1S/C20H33N3O/c1-21-13-15-23(16-14-21)12-6-8-19-7-2-3-9-20(19)24-18-17-22-10-4-5-11-22/h2-3,7,9H,4-6,8,10-18H2,1H3. The maximum Gasteiger partial charge on any atom is 0.122 e. The van der Waals surface area contributed by atoms with Crippen LogP contribution in [0, 0.1) is 0 Å². The second kappa shape index (κ2) is 9.40. The van der Waals surface area contributed by atoms with E-state index in [-0.39, 0.29) is 0 Å². The molecule has 3 rings (SSSR count). The maximum atomic E-state index is 6.09. The number of piperazine rings is 1. The summed E-state index contributed by atoms with van der Waals surface area (Å²) in [6.07, 6.45) is 5.04. The Morgan fingerprint density at radius 1 is 0.875 bits per heavy atom. The molecule has 0 radical (unpaired) electrons. The van der Waals surface area contributed by atoms with Gasteiger partial charge in [0.05, 0.1) is 0 Å². The first-order valence-electron chi connectivity index (χ1n) is 9.65. The van der Waals surface area contributed by atoms with Crippen molar-refractivity contribution < 1.29 is 4.74 Å². The van der Waals surface area contributed by atoms with Crippen molar-refractivity contribution in [2.45, 2.75) is 25.7 Å². The van der Waals surface area contributed by atoms with E-state index in [4.69, 9.17) is 4.74 Å². The van der Waals surface area contributed by atoms with Gasteiger partial charge in [-0.2, -0.15) is 0 Å². The van der Waals surface area contributed by atoms with Crippen LogP contribution in [0.5, 0.6) is 5.75 Å². The number of hydrogen-bond acceptors (Lipinski definition) is 4. The number of nitrogens with zero attached hydrogens (tertiary/aromatic N) is 3. The Hall–Kier alpha value is -1.10. The molecule has 0 amide bonds. The number of hydrogen-bond donors (Lipinski definition) is 0. The molecule has 2 saturated heterocycles. The van der Waals surface area contributed by atoms with E-state index in [1.165, 1.54) is 70.6 Å². The van der Waals surface area contributed by atoms with E-state index in [2.05, 4.69) is 46.0 Å². The van der Waals surface area contributed by atoms with Crippen LogP contribution < -0.4 is 4.74 Å². The van der Waals surface area contributed by atoms with Crippen molar-refractivity contribution in [3.8, 4) is 5.75 Å². The van der Waals surface area contributed by atoms with Gasteiger partial charge in [0.1, 0.15) is 12.4 Å². The van der Waals surface area contributed by atoms with E-state index in [1.807, 2.05) is 0 Å². The van der Waals surface area contributed by atoms with Gasteiger partial charge in [-0.15, -0.1) is 0 Å². The molecule has 4 heteroatoms. The molecule has 0 unspecified atom stereocenters. The molecule has 0 N–H and O–H groups in total. The molecule has 0 aromatic heterocycles. The molecule has 0 saturated carbocycles. The van der Waals surface area contributed by atoms with Gasteiger partial charge in [-0.05, 0) is 64.0 Å². The first-order chi connectivity index (χ1) is 11.8. The Balaban J connectivity index is 1.40. The number of benzene rings is 1. The Kier molecular flexibility index (Phi) is 6.94. The van der Waals surface area contributed by atoms with E-state index in [0.29, 0.717) is 0 Å². The van der Waals surface area contributed by atoms with Crippen LogP contribution in [-0.2, 0) is 6.42 Å². The highest BCUT2D eigenvalue weighted by Crippen LogP contribution is 2.20. The van der Waals surface area contributed by atoms with Gasteiger partial charge in [0.15, 0.2) is 0 Å². The smallest absolute Gasteiger partial charge is 0.122 e. The molecule has 2 fully saturated rings. The number of para-hydroxylation sites is 1. The molecule has 1 aromatic rings. The molecule has 4 nitrogen and oxygen atoms in total. The fourth-order valence-electron chi connectivity index (χ4n) is 3.71. The van der Waals surface area contributed by atoms with Gasteiger partial charge in [0.25, 0.3) is 0 Å². The highest BCUT2D eigenvalue weighted by molar-refractivity contribution is 5.33. The Morgan fingerprint density at radius 2 is 1.58 bits per heavy atom. The Bertz CT molecular complexity index is 480. The van der Waals surface area contributed by atoms with Crippen LogP contribution in [0.25, 0.3) is 0 Å². The summed E-state index contributed by atoms with van der Waals surface area (Å²) in [5.41, 5.74) is 1.37. The lowest BCUT2D eigenvalue weighted by molar-refractivity contribution is 0.153. The zero-order valence-corrected chi connectivity index (χ0v) is 15.3. The molecule has 0 bridgehead atoms. The minimum Gasteiger partial charge on any atom is -0.492 e. The number of likely N-dealkylation sites (tertiary alicyclic amines) is 1. The van der Waals surface area contributed by atoms with Gasteiger partial charge in [0.2, 0.25) is 0 Å². The predicted octanol–water partition coefficient (Wildman–Crippen LogP) is 2.34. The summed E-state index contributed by atoms with van der Waals surface area (Å²) >= 11 is 0. The summed E-state index contributed by atoms with van der Waals surface area (Å²) < 4.78 is 6.09. The van der Waals surface area contributed by atoms with Crippen LogP contribution in [0.2, 0.25) is 0 Å². The number of aryl methyl sites for hydroxylation is 1. The van der Waals surface area contributed by atoms with Crippen molar-refractivity contribution in [3.05, 3.63) is 29.8 Å². The zero-order valence-electron chi connectivity index (χ0n) is 15.3. The Morgan fingerprint density at radius 3 is 2.38 bits per heavy atom. The summed E-state index contributed by atoms with van der Waals surface area (Å²) in [4.78, 5) is 7.52. The van der Waals surface area contributed by atoms with Crippen molar-refractivity contribution in [2.24, 2.45) is 0 Å². The van der Waals surface area contributed by atoms with E-state index in [1.54, 1.807) is 0 Å². The second-order valence-corrected chi connectivity index (χ2v) is 7.25. The minimum absolute atomic E-state index is 0.815.